The van der Waals surface area contributed by atoms with Crippen molar-refractivity contribution in [2.45, 2.75) is 26.8 Å². The Labute approximate surface area is 127 Å². The molecule has 2 aromatic heterocycles. The van der Waals surface area contributed by atoms with Gasteiger partial charge in [0.2, 0.25) is 5.78 Å². The summed E-state index contributed by atoms with van der Waals surface area (Å²) in [7, 11) is 0. The van der Waals surface area contributed by atoms with Crippen LogP contribution in [-0.2, 0) is 22.5 Å². The van der Waals surface area contributed by atoms with E-state index in [0.717, 1.165) is 11.0 Å². The van der Waals surface area contributed by atoms with E-state index in [-0.39, 0.29) is 18.1 Å². The molecular formula is C16H17N3O3. The van der Waals surface area contributed by atoms with Gasteiger partial charge in [0.15, 0.2) is 0 Å². The summed E-state index contributed by atoms with van der Waals surface area (Å²) in [5.74, 6) is 0.125. The molecule has 0 saturated heterocycles. The van der Waals surface area contributed by atoms with Gasteiger partial charge in [0.1, 0.15) is 6.54 Å². The summed E-state index contributed by atoms with van der Waals surface area (Å²) >= 11 is 0. The van der Waals surface area contributed by atoms with E-state index in [1.807, 2.05) is 31.2 Å². The van der Waals surface area contributed by atoms with Gasteiger partial charge in [0, 0.05) is 11.8 Å². The van der Waals surface area contributed by atoms with Crippen molar-refractivity contribution in [3.8, 4) is 0 Å². The fraction of sp³-hybridized carbons (Fsp3) is 0.312. The minimum absolute atomic E-state index is 0.0322. The fourth-order valence-electron chi connectivity index (χ4n) is 2.59. The Morgan fingerprint density at radius 2 is 1.95 bits per heavy atom. The van der Waals surface area contributed by atoms with Gasteiger partial charge in [-0.25, -0.2) is 9.38 Å². The van der Waals surface area contributed by atoms with E-state index in [4.69, 9.17) is 4.74 Å². The normalized spacial score (nSPS) is 11.2. The van der Waals surface area contributed by atoms with Crippen LogP contribution in [0.25, 0.3) is 16.8 Å². The Morgan fingerprint density at radius 3 is 2.64 bits per heavy atom. The zero-order chi connectivity index (χ0) is 15.7. The lowest BCUT2D eigenvalue weighted by Crippen LogP contribution is -2.18. The van der Waals surface area contributed by atoms with Crippen molar-refractivity contribution in [1.29, 1.82) is 0 Å². The molecule has 0 aliphatic rings. The zero-order valence-corrected chi connectivity index (χ0v) is 12.6. The first-order chi connectivity index (χ1) is 10.7. The van der Waals surface area contributed by atoms with Crippen LogP contribution in [0.15, 0.2) is 35.1 Å². The standard InChI is InChI=1S/C16H17N3O3/c1-3-11-9-14(20)19-13-8-6-5-7-12(13)18(16(19)17-11)10-15(21)22-4-2/h5-9H,3-4,10H2,1-2H3. The third-order valence-corrected chi connectivity index (χ3v) is 3.56. The Hall–Kier alpha value is -2.63. The van der Waals surface area contributed by atoms with Crippen LogP contribution < -0.4 is 5.56 Å². The molecule has 3 rings (SSSR count). The third-order valence-electron chi connectivity index (χ3n) is 3.56. The van der Waals surface area contributed by atoms with Gasteiger partial charge in [-0.2, -0.15) is 0 Å². The largest absolute Gasteiger partial charge is 0.465 e. The lowest BCUT2D eigenvalue weighted by molar-refractivity contribution is -0.143. The molecule has 114 valence electrons. The van der Waals surface area contributed by atoms with Gasteiger partial charge in [0.25, 0.3) is 5.56 Å². The Balaban J connectivity index is 2.33. The number of rotatable bonds is 4. The first kappa shape index (κ1) is 14.3. The molecule has 0 radical (unpaired) electrons. The second-order valence-corrected chi connectivity index (χ2v) is 4.95. The van der Waals surface area contributed by atoms with Crippen molar-refractivity contribution >= 4 is 22.8 Å². The molecule has 6 heteroatoms. The molecule has 0 aliphatic heterocycles. The number of carbonyl (C=O) groups is 1. The highest BCUT2D eigenvalue weighted by atomic mass is 16.5. The summed E-state index contributed by atoms with van der Waals surface area (Å²) in [5, 5.41) is 0. The highest BCUT2D eigenvalue weighted by molar-refractivity contribution is 5.83. The third kappa shape index (κ3) is 2.26. The van der Waals surface area contributed by atoms with Crippen LogP contribution in [0.1, 0.15) is 19.5 Å². The van der Waals surface area contributed by atoms with Gasteiger partial charge in [-0.15, -0.1) is 0 Å². The summed E-state index contributed by atoms with van der Waals surface area (Å²) in [5.41, 5.74) is 2.09. The second kappa shape index (κ2) is 5.63. The summed E-state index contributed by atoms with van der Waals surface area (Å²) in [6.07, 6.45) is 0.659. The number of fused-ring (bicyclic) bond motifs is 3. The molecule has 0 saturated carbocycles. The number of hydrogen-bond acceptors (Lipinski definition) is 4. The summed E-state index contributed by atoms with van der Waals surface area (Å²) in [6, 6.07) is 8.98. The molecule has 2 heterocycles. The van der Waals surface area contributed by atoms with Gasteiger partial charge >= 0.3 is 5.97 Å². The first-order valence-corrected chi connectivity index (χ1v) is 7.31. The van der Waals surface area contributed by atoms with Gasteiger partial charge in [-0.05, 0) is 25.5 Å². The van der Waals surface area contributed by atoms with Crippen molar-refractivity contribution in [3.63, 3.8) is 0 Å². The molecule has 0 bridgehead atoms. The second-order valence-electron chi connectivity index (χ2n) is 4.95. The molecule has 0 amide bonds. The van der Waals surface area contributed by atoms with Crippen LogP contribution in [0.2, 0.25) is 0 Å². The Morgan fingerprint density at radius 1 is 1.23 bits per heavy atom. The van der Waals surface area contributed by atoms with Gasteiger partial charge < -0.3 is 4.74 Å². The molecule has 0 spiro atoms. The number of carbonyl (C=O) groups excluding carboxylic acids is 1. The number of esters is 1. The van der Waals surface area contributed by atoms with E-state index in [9.17, 15) is 9.59 Å². The lowest BCUT2D eigenvalue weighted by Gasteiger charge is -2.06. The quantitative estimate of drug-likeness (QED) is 0.689. The highest BCUT2D eigenvalue weighted by Crippen LogP contribution is 2.18. The van der Waals surface area contributed by atoms with Crippen LogP contribution in [0, 0.1) is 0 Å². The van der Waals surface area contributed by atoms with Gasteiger partial charge in [-0.1, -0.05) is 19.1 Å². The van der Waals surface area contributed by atoms with Gasteiger partial charge in [-0.3, -0.25) is 14.2 Å². The van der Waals surface area contributed by atoms with Crippen LogP contribution in [0.5, 0.6) is 0 Å². The number of aryl methyl sites for hydroxylation is 1. The average Bonchev–Trinajstić information content (AvgIpc) is 2.82. The van der Waals surface area contributed by atoms with Crippen LogP contribution in [0.4, 0.5) is 0 Å². The van der Waals surface area contributed by atoms with Crippen LogP contribution in [-0.4, -0.2) is 26.5 Å². The summed E-state index contributed by atoms with van der Waals surface area (Å²) in [6.45, 7) is 4.06. The molecule has 6 nitrogen and oxygen atoms in total. The molecule has 3 aromatic rings. The van der Waals surface area contributed by atoms with Crippen LogP contribution >= 0.6 is 0 Å². The molecule has 0 N–H and O–H groups in total. The van der Waals surface area contributed by atoms with E-state index in [2.05, 4.69) is 4.98 Å². The maximum absolute atomic E-state index is 12.4. The van der Waals surface area contributed by atoms with E-state index in [1.165, 1.54) is 10.5 Å². The lowest BCUT2D eigenvalue weighted by atomic mass is 10.3. The Kier molecular flexibility index (Phi) is 3.66. The summed E-state index contributed by atoms with van der Waals surface area (Å²) < 4.78 is 8.29. The molecule has 0 aliphatic carbocycles. The molecule has 0 unspecified atom stereocenters. The average molecular weight is 299 g/mol. The number of para-hydroxylation sites is 2. The maximum Gasteiger partial charge on any atom is 0.326 e. The molecule has 1 aromatic carbocycles. The predicted octanol–water partition coefficient (Wildman–Crippen LogP) is 1.77. The topological polar surface area (TPSA) is 65.6 Å². The van der Waals surface area contributed by atoms with Crippen LogP contribution in [0.3, 0.4) is 0 Å². The van der Waals surface area contributed by atoms with Crippen molar-refractivity contribution in [2.75, 3.05) is 6.61 Å². The Bertz CT molecular complexity index is 908. The van der Waals surface area contributed by atoms with E-state index >= 15 is 0 Å². The van der Waals surface area contributed by atoms with E-state index < -0.39 is 0 Å². The van der Waals surface area contributed by atoms with E-state index in [0.29, 0.717) is 24.5 Å². The predicted molar refractivity (Wildman–Crippen MR) is 83.0 cm³/mol. The fourth-order valence-corrected chi connectivity index (χ4v) is 2.59. The molecule has 22 heavy (non-hydrogen) atoms. The maximum atomic E-state index is 12.4. The van der Waals surface area contributed by atoms with E-state index in [1.54, 1.807) is 11.5 Å². The number of hydrogen-bond donors (Lipinski definition) is 0. The van der Waals surface area contributed by atoms with Gasteiger partial charge in [0.05, 0.1) is 17.6 Å². The zero-order valence-electron chi connectivity index (χ0n) is 12.6. The van der Waals surface area contributed by atoms with Crippen molar-refractivity contribution in [3.05, 3.63) is 46.4 Å². The number of ether oxygens (including phenoxy) is 1. The first-order valence-electron chi connectivity index (χ1n) is 7.31. The number of aromatic nitrogens is 3. The SMILES string of the molecule is CCOC(=O)Cn1c2ccccc2n2c(=O)cc(CC)nc12. The number of benzene rings is 1. The number of nitrogens with zero attached hydrogens (tertiary/aromatic N) is 3. The monoisotopic (exact) mass is 299 g/mol. The molecular weight excluding hydrogens is 282 g/mol. The highest BCUT2D eigenvalue weighted by Gasteiger charge is 2.16. The minimum atomic E-state index is -0.345. The summed E-state index contributed by atoms with van der Waals surface area (Å²) in [4.78, 5) is 28.8. The minimum Gasteiger partial charge on any atom is -0.465 e. The van der Waals surface area contributed by atoms with Crippen molar-refractivity contribution in [1.82, 2.24) is 14.0 Å². The number of imidazole rings is 1. The van der Waals surface area contributed by atoms with Crippen molar-refractivity contribution in [2.24, 2.45) is 0 Å². The van der Waals surface area contributed by atoms with Crippen molar-refractivity contribution < 1.29 is 9.53 Å². The molecule has 0 atom stereocenters. The molecule has 0 fully saturated rings. The smallest absolute Gasteiger partial charge is 0.326 e.